The van der Waals surface area contributed by atoms with Crippen molar-refractivity contribution in [2.75, 3.05) is 4.90 Å². The fourth-order valence-corrected chi connectivity index (χ4v) is 4.88. The molecule has 0 bridgehead atoms. The van der Waals surface area contributed by atoms with Crippen molar-refractivity contribution in [1.29, 1.82) is 0 Å². The molecule has 0 aliphatic carbocycles. The van der Waals surface area contributed by atoms with Crippen LogP contribution in [0, 0.1) is 6.92 Å². The summed E-state index contributed by atoms with van der Waals surface area (Å²) >= 11 is 0. The largest absolute Gasteiger partial charge is 0.507 e. The van der Waals surface area contributed by atoms with Crippen LogP contribution >= 0.6 is 0 Å². The van der Waals surface area contributed by atoms with Gasteiger partial charge in [-0.2, -0.15) is 0 Å². The minimum absolute atomic E-state index is 0.0212. The lowest BCUT2D eigenvalue weighted by atomic mass is 9.94. The van der Waals surface area contributed by atoms with E-state index in [1.807, 2.05) is 93.6 Å². The van der Waals surface area contributed by atoms with Gasteiger partial charge in [0.25, 0.3) is 11.7 Å². The van der Waals surface area contributed by atoms with Crippen molar-refractivity contribution in [2.45, 2.75) is 39.5 Å². The monoisotopic (exact) mass is 533 g/mol. The van der Waals surface area contributed by atoms with Gasteiger partial charge in [0.15, 0.2) is 0 Å². The Hall–Kier alpha value is -4.84. The molecule has 40 heavy (non-hydrogen) atoms. The molecule has 1 saturated heterocycles. The molecule has 6 nitrogen and oxygen atoms in total. The molecular formula is C34H31NO5. The van der Waals surface area contributed by atoms with Crippen molar-refractivity contribution in [1.82, 2.24) is 0 Å². The van der Waals surface area contributed by atoms with Crippen LogP contribution in [0.3, 0.4) is 0 Å². The number of hydrogen-bond acceptors (Lipinski definition) is 5. The van der Waals surface area contributed by atoms with E-state index in [0.29, 0.717) is 34.9 Å². The number of carbonyl (C=O) groups excluding carboxylic acids is 2. The number of para-hydroxylation sites is 1. The Bertz CT molecular complexity index is 1560. The van der Waals surface area contributed by atoms with Crippen LogP contribution in [0.4, 0.5) is 5.69 Å². The summed E-state index contributed by atoms with van der Waals surface area (Å²) in [7, 11) is 0. The zero-order valence-corrected chi connectivity index (χ0v) is 22.7. The Balaban J connectivity index is 1.56. The Morgan fingerprint density at radius 2 is 1.57 bits per heavy atom. The van der Waals surface area contributed by atoms with Gasteiger partial charge in [-0.05, 0) is 79.9 Å². The van der Waals surface area contributed by atoms with E-state index < -0.39 is 17.7 Å². The molecule has 0 spiro atoms. The van der Waals surface area contributed by atoms with E-state index in [9.17, 15) is 14.7 Å². The van der Waals surface area contributed by atoms with Gasteiger partial charge in [0.1, 0.15) is 23.9 Å². The number of aliphatic hydroxyl groups excluding tert-OH is 1. The van der Waals surface area contributed by atoms with E-state index in [4.69, 9.17) is 9.47 Å². The molecule has 0 saturated carbocycles. The number of rotatable bonds is 8. The molecule has 1 aliphatic heterocycles. The average molecular weight is 534 g/mol. The first-order chi connectivity index (χ1) is 19.3. The molecule has 1 fully saturated rings. The third-order valence-electron chi connectivity index (χ3n) is 6.71. The van der Waals surface area contributed by atoms with Crippen molar-refractivity contribution in [3.8, 4) is 11.5 Å². The molecule has 4 aromatic rings. The van der Waals surface area contributed by atoms with Gasteiger partial charge in [-0.3, -0.25) is 14.5 Å². The lowest BCUT2D eigenvalue weighted by molar-refractivity contribution is -0.132. The van der Waals surface area contributed by atoms with Crippen molar-refractivity contribution in [3.05, 3.63) is 131 Å². The first-order valence-corrected chi connectivity index (χ1v) is 13.2. The van der Waals surface area contributed by atoms with Gasteiger partial charge < -0.3 is 14.6 Å². The summed E-state index contributed by atoms with van der Waals surface area (Å²) in [6.07, 6.45) is -0.0543. The third-order valence-corrected chi connectivity index (χ3v) is 6.71. The predicted octanol–water partition coefficient (Wildman–Crippen LogP) is 6.99. The Morgan fingerprint density at radius 1 is 0.875 bits per heavy atom. The number of benzene rings is 4. The number of anilines is 1. The zero-order chi connectivity index (χ0) is 28.2. The molecule has 202 valence electrons. The van der Waals surface area contributed by atoms with Gasteiger partial charge in [-0.1, -0.05) is 60.7 Å². The van der Waals surface area contributed by atoms with Crippen LogP contribution in [-0.4, -0.2) is 22.9 Å². The number of ketones is 1. The highest BCUT2D eigenvalue weighted by Gasteiger charge is 2.47. The summed E-state index contributed by atoms with van der Waals surface area (Å²) in [6, 6.07) is 30.5. The van der Waals surface area contributed by atoms with Gasteiger partial charge >= 0.3 is 0 Å². The first kappa shape index (κ1) is 26.8. The maximum absolute atomic E-state index is 13.5. The standard InChI is InChI=1S/C34H31NO5/c1-22(2)40-28-16-10-13-25(20-28)31-30(33(37)34(38)35(31)27-14-8-5-9-15-27)32(36)26-17-18-29(23(3)19-26)39-21-24-11-6-4-7-12-24/h4-20,22,31,36H,21H2,1-3H3/b32-30+. The number of aliphatic hydroxyl groups is 1. The zero-order valence-electron chi connectivity index (χ0n) is 22.7. The molecule has 6 heteroatoms. The number of Topliss-reactive ketones (excluding diaryl/α,β-unsaturated/α-hetero) is 1. The van der Waals surface area contributed by atoms with Gasteiger partial charge in [-0.15, -0.1) is 0 Å². The molecule has 0 radical (unpaired) electrons. The van der Waals surface area contributed by atoms with Crippen molar-refractivity contribution in [3.63, 3.8) is 0 Å². The molecule has 1 aliphatic rings. The van der Waals surface area contributed by atoms with E-state index in [-0.39, 0.29) is 17.4 Å². The SMILES string of the molecule is Cc1cc(/C(O)=C2\C(=O)C(=O)N(c3ccccc3)C2c2cccc(OC(C)C)c2)ccc1OCc1ccccc1. The quantitative estimate of drug-likeness (QED) is 0.150. The lowest BCUT2D eigenvalue weighted by Crippen LogP contribution is -2.29. The van der Waals surface area contributed by atoms with Gasteiger partial charge in [0.05, 0.1) is 17.7 Å². The topological polar surface area (TPSA) is 76.1 Å². The number of ether oxygens (including phenoxy) is 2. The van der Waals surface area contributed by atoms with Crippen molar-refractivity contribution in [2.24, 2.45) is 0 Å². The van der Waals surface area contributed by atoms with Crippen LogP contribution in [0.5, 0.6) is 11.5 Å². The maximum atomic E-state index is 13.5. The van der Waals surface area contributed by atoms with Crippen LogP contribution < -0.4 is 14.4 Å². The Morgan fingerprint density at radius 3 is 2.25 bits per heavy atom. The molecule has 5 rings (SSSR count). The normalized spacial score (nSPS) is 16.4. The van der Waals surface area contributed by atoms with Crippen LogP contribution in [0.15, 0.2) is 109 Å². The van der Waals surface area contributed by atoms with Crippen LogP contribution in [0.2, 0.25) is 0 Å². The minimum Gasteiger partial charge on any atom is -0.507 e. The number of hydrogen-bond donors (Lipinski definition) is 1. The molecule has 1 heterocycles. The predicted molar refractivity (Wildman–Crippen MR) is 155 cm³/mol. The Labute approximate surface area is 234 Å². The third kappa shape index (κ3) is 5.47. The minimum atomic E-state index is -0.840. The highest BCUT2D eigenvalue weighted by molar-refractivity contribution is 6.51. The van der Waals surface area contributed by atoms with Gasteiger partial charge in [0, 0.05) is 11.3 Å². The number of nitrogens with zero attached hydrogens (tertiary/aromatic N) is 1. The molecule has 1 atom stereocenters. The summed E-state index contributed by atoms with van der Waals surface area (Å²) in [5, 5.41) is 11.6. The molecule has 1 unspecified atom stereocenters. The molecular weight excluding hydrogens is 502 g/mol. The van der Waals surface area contributed by atoms with E-state index >= 15 is 0 Å². The highest BCUT2D eigenvalue weighted by atomic mass is 16.5. The van der Waals surface area contributed by atoms with E-state index in [0.717, 1.165) is 11.1 Å². The van der Waals surface area contributed by atoms with Gasteiger partial charge in [-0.25, -0.2) is 0 Å². The molecule has 4 aromatic carbocycles. The highest BCUT2D eigenvalue weighted by Crippen LogP contribution is 2.43. The van der Waals surface area contributed by atoms with Crippen LogP contribution in [-0.2, 0) is 16.2 Å². The summed E-state index contributed by atoms with van der Waals surface area (Å²) in [6.45, 7) is 6.14. The fraction of sp³-hybridized carbons (Fsp3) is 0.176. The second-order valence-corrected chi connectivity index (χ2v) is 10.00. The van der Waals surface area contributed by atoms with E-state index in [1.54, 1.807) is 30.3 Å². The summed E-state index contributed by atoms with van der Waals surface area (Å²) in [4.78, 5) is 28.4. The fourth-order valence-electron chi connectivity index (χ4n) is 4.88. The summed E-state index contributed by atoms with van der Waals surface area (Å²) in [5.74, 6) is -0.409. The smallest absolute Gasteiger partial charge is 0.300 e. The molecule has 1 N–H and O–H groups in total. The molecule has 0 aromatic heterocycles. The number of aryl methyl sites for hydroxylation is 1. The Kier molecular flexibility index (Phi) is 7.69. The van der Waals surface area contributed by atoms with E-state index in [2.05, 4.69) is 0 Å². The van der Waals surface area contributed by atoms with Crippen LogP contribution in [0.25, 0.3) is 5.76 Å². The summed E-state index contributed by atoms with van der Waals surface area (Å²) < 4.78 is 11.9. The second-order valence-electron chi connectivity index (χ2n) is 10.00. The number of amides is 1. The van der Waals surface area contributed by atoms with Crippen molar-refractivity contribution < 1.29 is 24.2 Å². The van der Waals surface area contributed by atoms with Gasteiger partial charge in [0.2, 0.25) is 0 Å². The lowest BCUT2D eigenvalue weighted by Gasteiger charge is -2.26. The maximum Gasteiger partial charge on any atom is 0.300 e. The molecule has 1 amide bonds. The second kappa shape index (κ2) is 11.5. The summed E-state index contributed by atoms with van der Waals surface area (Å²) in [5.41, 5.74) is 3.50. The number of carbonyl (C=O) groups is 2. The van der Waals surface area contributed by atoms with Crippen molar-refractivity contribution >= 4 is 23.1 Å². The van der Waals surface area contributed by atoms with Crippen LogP contribution in [0.1, 0.15) is 42.1 Å². The van der Waals surface area contributed by atoms with E-state index in [1.165, 1.54) is 4.90 Å². The average Bonchev–Trinajstić information content (AvgIpc) is 3.22. The first-order valence-electron chi connectivity index (χ1n) is 13.2.